The van der Waals surface area contributed by atoms with Crippen LogP contribution in [0.5, 0.6) is 0 Å². The van der Waals surface area contributed by atoms with E-state index >= 15 is 0 Å². The van der Waals surface area contributed by atoms with Crippen molar-refractivity contribution in [3.63, 3.8) is 0 Å². The molecule has 0 amide bonds. The highest BCUT2D eigenvalue weighted by atomic mass is 16.4. The smallest absolute Gasteiger partial charge is 0.337 e. The average molecular weight is 207 g/mol. The monoisotopic (exact) mass is 207 g/mol. The van der Waals surface area contributed by atoms with Gasteiger partial charge in [-0.05, 0) is 24.8 Å². The maximum absolute atomic E-state index is 10.7. The highest BCUT2D eigenvalue weighted by molar-refractivity contribution is 5.87. The molecular formula is C10H13N3O2. The molecule has 0 aliphatic heterocycles. The van der Waals surface area contributed by atoms with Crippen LogP contribution in [0.1, 0.15) is 29.6 Å². The summed E-state index contributed by atoms with van der Waals surface area (Å²) < 4.78 is 0. The molecule has 1 aromatic heterocycles. The zero-order valence-electron chi connectivity index (χ0n) is 8.31. The number of carboxylic acids is 1. The average Bonchev–Trinajstić information content (AvgIpc) is 2.16. The Hall–Kier alpha value is -1.65. The zero-order chi connectivity index (χ0) is 10.7. The number of carbonyl (C=O) groups is 1. The number of anilines is 1. The SMILES string of the molecule is O=C(O)c1cnnc(NCC2CCC2)c1. The third-order valence-electron chi connectivity index (χ3n) is 2.70. The van der Waals surface area contributed by atoms with Crippen molar-refractivity contribution in [1.82, 2.24) is 10.2 Å². The maximum atomic E-state index is 10.7. The molecule has 0 bridgehead atoms. The van der Waals surface area contributed by atoms with E-state index in [4.69, 9.17) is 5.11 Å². The zero-order valence-corrected chi connectivity index (χ0v) is 8.31. The predicted octanol–water partition coefficient (Wildman–Crippen LogP) is 1.39. The van der Waals surface area contributed by atoms with Crippen LogP contribution in [0.15, 0.2) is 12.3 Å². The van der Waals surface area contributed by atoms with Crippen molar-refractivity contribution in [2.75, 3.05) is 11.9 Å². The van der Waals surface area contributed by atoms with Gasteiger partial charge in [0.25, 0.3) is 0 Å². The standard InChI is InChI=1S/C10H13N3O2/c14-10(15)8-4-9(13-12-6-8)11-5-7-2-1-3-7/h4,6-7H,1-3,5H2,(H,11,13)(H,14,15). The van der Waals surface area contributed by atoms with Gasteiger partial charge in [0.2, 0.25) is 0 Å². The second kappa shape index (κ2) is 4.25. The van der Waals surface area contributed by atoms with Gasteiger partial charge < -0.3 is 10.4 Å². The molecule has 1 aromatic rings. The first-order valence-electron chi connectivity index (χ1n) is 5.05. The van der Waals surface area contributed by atoms with Crippen LogP contribution in [0.25, 0.3) is 0 Å². The molecule has 1 aliphatic carbocycles. The van der Waals surface area contributed by atoms with E-state index in [2.05, 4.69) is 15.5 Å². The Labute approximate surface area is 87.5 Å². The van der Waals surface area contributed by atoms with E-state index in [0.29, 0.717) is 11.7 Å². The number of nitrogens with zero attached hydrogens (tertiary/aromatic N) is 2. The van der Waals surface area contributed by atoms with Crippen molar-refractivity contribution in [3.05, 3.63) is 17.8 Å². The molecule has 0 aromatic carbocycles. The molecule has 15 heavy (non-hydrogen) atoms. The molecule has 0 unspecified atom stereocenters. The van der Waals surface area contributed by atoms with Crippen LogP contribution in [0, 0.1) is 5.92 Å². The third kappa shape index (κ3) is 2.43. The summed E-state index contributed by atoms with van der Waals surface area (Å²) in [6.45, 7) is 0.859. The fourth-order valence-electron chi connectivity index (χ4n) is 1.52. The Balaban J connectivity index is 1.94. The van der Waals surface area contributed by atoms with Crippen molar-refractivity contribution >= 4 is 11.8 Å². The number of carboxylic acid groups (broad SMARTS) is 1. The van der Waals surface area contributed by atoms with Gasteiger partial charge in [-0.15, -0.1) is 5.10 Å². The van der Waals surface area contributed by atoms with E-state index < -0.39 is 5.97 Å². The van der Waals surface area contributed by atoms with E-state index in [1.807, 2.05) is 0 Å². The van der Waals surface area contributed by atoms with Gasteiger partial charge in [0.1, 0.15) is 5.82 Å². The summed E-state index contributed by atoms with van der Waals surface area (Å²) in [5.74, 6) is 0.277. The summed E-state index contributed by atoms with van der Waals surface area (Å²) in [5.41, 5.74) is 0.168. The van der Waals surface area contributed by atoms with Crippen LogP contribution in [-0.4, -0.2) is 27.8 Å². The minimum absolute atomic E-state index is 0.168. The molecule has 5 heteroatoms. The molecule has 80 valence electrons. The topological polar surface area (TPSA) is 75.1 Å². The van der Waals surface area contributed by atoms with E-state index in [1.54, 1.807) is 0 Å². The van der Waals surface area contributed by atoms with Gasteiger partial charge in [-0.1, -0.05) is 6.42 Å². The Morgan fingerprint density at radius 3 is 3.00 bits per heavy atom. The van der Waals surface area contributed by atoms with Crippen LogP contribution < -0.4 is 5.32 Å². The summed E-state index contributed by atoms with van der Waals surface area (Å²) in [6.07, 6.45) is 5.04. The minimum Gasteiger partial charge on any atom is -0.478 e. The summed E-state index contributed by atoms with van der Waals surface area (Å²) in [7, 11) is 0. The fourth-order valence-corrected chi connectivity index (χ4v) is 1.52. The third-order valence-corrected chi connectivity index (χ3v) is 2.70. The molecule has 0 spiro atoms. The van der Waals surface area contributed by atoms with Crippen LogP contribution in [0.2, 0.25) is 0 Å². The lowest BCUT2D eigenvalue weighted by Gasteiger charge is -2.25. The Morgan fingerprint density at radius 2 is 2.40 bits per heavy atom. The predicted molar refractivity (Wildman–Crippen MR) is 54.8 cm³/mol. The van der Waals surface area contributed by atoms with Gasteiger partial charge in [0.15, 0.2) is 0 Å². The summed E-state index contributed by atoms with van der Waals surface area (Å²) in [6, 6.07) is 1.51. The second-order valence-corrected chi connectivity index (χ2v) is 3.81. The number of rotatable bonds is 4. The molecule has 0 saturated heterocycles. The molecular weight excluding hydrogens is 194 g/mol. The summed E-state index contributed by atoms with van der Waals surface area (Å²) >= 11 is 0. The molecule has 1 saturated carbocycles. The molecule has 2 N–H and O–H groups in total. The van der Waals surface area contributed by atoms with Crippen molar-refractivity contribution in [3.8, 4) is 0 Å². The lowest BCUT2D eigenvalue weighted by Crippen LogP contribution is -2.21. The normalized spacial score (nSPS) is 15.7. The lowest BCUT2D eigenvalue weighted by molar-refractivity contribution is 0.0696. The molecule has 2 rings (SSSR count). The lowest BCUT2D eigenvalue weighted by atomic mass is 9.85. The van der Waals surface area contributed by atoms with E-state index in [9.17, 15) is 4.79 Å². The second-order valence-electron chi connectivity index (χ2n) is 3.81. The maximum Gasteiger partial charge on any atom is 0.337 e. The number of aromatic carboxylic acids is 1. The van der Waals surface area contributed by atoms with Crippen LogP contribution in [0.3, 0.4) is 0 Å². The first-order valence-corrected chi connectivity index (χ1v) is 5.05. The number of aromatic nitrogens is 2. The van der Waals surface area contributed by atoms with Gasteiger partial charge in [0.05, 0.1) is 11.8 Å². The highest BCUT2D eigenvalue weighted by Gasteiger charge is 2.17. The number of nitrogens with one attached hydrogen (secondary N) is 1. The van der Waals surface area contributed by atoms with Gasteiger partial charge >= 0.3 is 5.97 Å². The van der Waals surface area contributed by atoms with Crippen LogP contribution in [-0.2, 0) is 0 Å². The minimum atomic E-state index is -0.975. The van der Waals surface area contributed by atoms with Crippen LogP contribution >= 0.6 is 0 Å². The Kier molecular flexibility index (Phi) is 2.80. The number of hydrogen-bond acceptors (Lipinski definition) is 4. The first-order chi connectivity index (χ1) is 7.25. The quantitative estimate of drug-likeness (QED) is 0.780. The molecule has 1 aliphatic rings. The fraction of sp³-hybridized carbons (Fsp3) is 0.500. The van der Waals surface area contributed by atoms with E-state index in [0.717, 1.165) is 6.54 Å². The van der Waals surface area contributed by atoms with E-state index in [1.165, 1.54) is 31.5 Å². The largest absolute Gasteiger partial charge is 0.478 e. The van der Waals surface area contributed by atoms with Crippen molar-refractivity contribution in [2.24, 2.45) is 5.92 Å². The van der Waals surface area contributed by atoms with Crippen molar-refractivity contribution in [1.29, 1.82) is 0 Å². The van der Waals surface area contributed by atoms with Crippen molar-refractivity contribution in [2.45, 2.75) is 19.3 Å². The van der Waals surface area contributed by atoms with Crippen molar-refractivity contribution < 1.29 is 9.90 Å². The highest BCUT2D eigenvalue weighted by Crippen LogP contribution is 2.26. The Bertz CT molecular complexity index is 363. The van der Waals surface area contributed by atoms with E-state index in [-0.39, 0.29) is 5.56 Å². The van der Waals surface area contributed by atoms with Gasteiger partial charge in [0, 0.05) is 6.54 Å². The Morgan fingerprint density at radius 1 is 1.60 bits per heavy atom. The molecule has 0 radical (unpaired) electrons. The molecule has 1 fully saturated rings. The molecule has 0 atom stereocenters. The summed E-state index contributed by atoms with van der Waals surface area (Å²) in [4.78, 5) is 10.7. The van der Waals surface area contributed by atoms with Gasteiger partial charge in [-0.3, -0.25) is 0 Å². The van der Waals surface area contributed by atoms with Gasteiger partial charge in [-0.2, -0.15) is 5.10 Å². The molecule has 1 heterocycles. The summed E-state index contributed by atoms with van der Waals surface area (Å²) in [5, 5.41) is 19.3. The first kappa shape index (κ1) is 9.89. The van der Waals surface area contributed by atoms with Gasteiger partial charge in [-0.25, -0.2) is 4.79 Å². The number of hydrogen-bond donors (Lipinski definition) is 2. The van der Waals surface area contributed by atoms with Crippen LogP contribution in [0.4, 0.5) is 5.82 Å². The molecule has 5 nitrogen and oxygen atoms in total.